The lowest BCUT2D eigenvalue weighted by molar-refractivity contribution is -0.134. The molecule has 1 atom stereocenters. The number of hydrogen-bond donors (Lipinski definition) is 2. The van der Waals surface area contributed by atoms with E-state index < -0.39 is 11.9 Å². The number of nitrogens with zero attached hydrogens (tertiary/aromatic N) is 1. The van der Waals surface area contributed by atoms with E-state index in [1.54, 1.807) is 0 Å². The van der Waals surface area contributed by atoms with Gasteiger partial charge in [0.05, 0.1) is 0 Å². The average Bonchev–Trinajstić information content (AvgIpc) is 2.25. The number of piperidine rings is 1. The Bertz CT molecular complexity index is 295. The molecule has 104 valence electrons. The van der Waals surface area contributed by atoms with Gasteiger partial charge in [-0.05, 0) is 46.2 Å². The van der Waals surface area contributed by atoms with Crippen molar-refractivity contribution < 1.29 is 19.8 Å². The first-order valence-electron chi connectivity index (χ1n) is 6.03. The summed E-state index contributed by atoms with van der Waals surface area (Å²) >= 11 is 0. The fourth-order valence-electron chi connectivity index (χ4n) is 1.79. The molecule has 0 aromatic heterocycles. The first-order valence-corrected chi connectivity index (χ1v) is 6.03. The van der Waals surface area contributed by atoms with E-state index in [-0.39, 0.29) is 0 Å². The molecule has 18 heavy (non-hydrogen) atoms. The van der Waals surface area contributed by atoms with Crippen molar-refractivity contribution in [1.82, 2.24) is 4.90 Å². The highest BCUT2D eigenvalue weighted by molar-refractivity contribution is 5.89. The van der Waals surface area contributed by atoms with Crippen LogP contribution in [-0.4, -0.2) is 46.2 Å². The van der Waals surface area contributed by atoms with Gasteiger partial charge in [-0.3, -0.25) is 0 Å². The third-order valence-corrected chi connectivity index (χ3v) is 3.69. The van der Waals surface area contributed by atoms with Crippen LogP contribution in [0.15, 0.2) is 12.2 Å². The largest absolute Gasteiger partial charge is 0.478 e. The van der Waals surface area contributed by atoms with Gasteiger partial charge in [0.1, 0.15) is 0 Å². The molecule has 1 saturated heterocycles. The maximum atomic E-state index is 9.55. The molecule has 0 aromatic carbocycles. The van der Waals surface area contributed by atoms with E-state index in [4.69, 9.17) is 10.2 Å². The van der Waals surface area contributed by atoms with Gasteiger partial charge in [0.25, 0.3) is 0 Å². The van der Waals surface area contributed by atoms with Crippen molar-refractivity contribution in [3.63, 3.8) is 0 Å². The molecule has 0 bridgehead atoms. The van der Waals surface area contributed by atoms with Gasteiger partial charge in [-0.15, -0.1) is 0 Å². The summed E-state index contributed by atoms with van der Waals surface area (Å²) in [5.41, 5.74) is 0.429. The summed E-state index contributed by atoms with van der Waals surface area (Å²) in [6.45, 7) is 8.32. The first kappa shape index (κ1) is 16.6. The molecular weight excluding hydrogens is 234 g/mol. The maximum absolute atomic E-state index is 9.55. The maximum Gasteiger partial charge on any atom is 0.328 e. The van der Waals surface area contributed by atoms with Crippen LogP contribution in [0.2, 0.25) is 0 Å². The van der Waals surface area contributed by atoms with E-state index in [1.807, 2.05) is 0 Å². The van der Waals surface area contributed by atoms with Crippen LogP contribution in [0.5, 0.6) is 0 Å². The van der Waals surface area contributed by atoms with Crippen molar-refractivity contribution in [2.24, 2.45) is 5.92 Å². The summed E-state index contributed by atoms with van der Waals surface area (Å²) in [5, 5.41) is 15.6. The van der Waals surface area contributed by atoms with E-state index in [0.717, 1.165) is 5.92 Å². The van der Waals surface area contributed by atoms with Crippen molar-refractivity contribution >= 4 is 11.9 Å². The average molecular weight is 257 g/mol. The Morgan fingerprint density at radius 2 is 1.67 bits per heavy atom. The molecule has 0 saturated carbocycles. The monoisotopic (exact) mass is 257 g/mol. The molecule has 5 heteroatoms. The smallest absolute Gasteiger partial charge is 0.328 e. The lowest BCUT2D eigenvalue weighted by Gasteiger charge is -2.44. The molecule has 1 fully saturated rings. The minimum absolute atomic E-state index is 0.429. The number of likely N-dealkylation sites (tertiary alicyclic amines) is 1. The minimum Gasteiger partial charge on any atom is -0.478 e. The van der Waals surface area contributed by atoms with Crippen LogP contribution in [0.4, 0.5) is 0 Å². The molecule has 1 heterocycles. The number of aliphatic carboxylic acids is 2. The van der Waals surface area contributed by atoms with Crippen LogP contribution < -0.4 is 0 Å². The molecule has 1 unspecified atom stereocenters. The third kappa shape index (κ3) is 5.82. The SMILES string of the molecule is CC1CCCN(C)C1(C)C.O=C(O)/C=C\C(=O)O. The van der Waals surface area contributed by atoms with Gasteiger partial charge < -0.3 is 15.1 Å². The van der Waals surface area contributed by atoms with Crippen molar-refractivity contribution in [3.8, 4) is 0 Å². The molecular formula is C13H23NO4. The topological polar surface area (TPSA) is 77.8 Å². The Balaban J connectivity index is 0.000000331. The molecule has 1 rings (SSSR count). The molecule has 2 N–H and O–H groups in total. The Hall–Kier alpha value is -1.36. The zero-order valence-electron chi connectivity index (χ0n) is 11.5. The van der Waals surface area contributed by atoms with Crippen molar-refractivity contribution in [2.75, 3.05) is 13.6 Å². The summed E-state index contributed by atoms with van der Waals surface area (Å²) in [5.74, 6) is -1.66. The zero-order chi connectivity index (χ0) is 14.3. The number of rotatable bonds is 2. The van der Waals surface area contributed by atoms with Crippen LogP contribution in [0.1, 0.15) is 33.6 Å². The van der Waals surface area contributed by atoms with Crippen molar-refractivity contribution in [3.05, 3.63) is 12.2 Å². The summed E-state index contributed by atoms with van der Waals surface area (Å²) < 4.78 is 0. The molecule has 0 amide bonds. The molecule has 0 aromatic rings. The van der Waals surface area contributed by atoms with E-state index in [2.05, 4.69) is 32.7 Å². The number of carbonyl (C=O) groups is 2. The van der Waals surface area contributed by atoms with Gasteiger partial charge >= 0.3 is 11.9 Å². The van der Waals surface area contributed by atoms with Crippen LogP contribution >= 0.6 is 0 Å². The Morgan fingerprint density at radius 3 is 1.94 bits per heavy atom. The van der Waals surface area contributed by atoms with Gasteiger partial charge in [0.15, 0.2) is 0 Å². The second-order valence-corrected chi connectivity index (χ2v) is 5.13. The van der Waals surface area contributed by atoms with Gasteiger partial charge in [-0.25, -0.2) is 9.59 Å². The molecule has 1 aliphatic heterocycles. The van der Waals surface area contributed by atoms with Gasteiger partial charge in [-0.2, -0.15) is 0 Å². The number of carboxylic acids is 2. The molecule has 1 aliphatic rings. The van der Waals surface area contributed by atoms with E-state index in [1.165, 1.54) is 19.4 Å². The van der Waals surface area contributed by atoms with E-state index >= 15 is 0 Å². The quantitative estimate of drug-likeness (QED) is 0.738. The van der Waals surface area contributed by atoms with Crippen LogP contribution in [0.25, 0.3) is 0 Å². The van der Waals surface area contributed by atoms with E-state index in [9.17, 15) is 9.59 Å². The highest BCUT2D eigenvalue weighted by Gasteiger charge is 2.32. The van der Waals surface area contributed by atoms with Crippen LogP contribution in [0, 0.1) is 5.92 Å². The summed E-state index contributed by atoms with van der Waals surface area (Å²) in [6.07, 6.45) is 3.89. The molecule has 0 spiro atoms. The fraction of sp³-hybridized carbons (Fsp3) is 0.692. The summed E-state index contributed by atoms with van der Waals surface area (Å²) in [6, 6.07) is 0. The van der Waals surface area contributed by atoms with Crippen molar-refractivity contribution in [2.45, 2.75) is 39.2 Å². The Labute approximate surface area is 108 Å². The third-order valence-electron chi connectivity index (χ3n) is 3.69. The fourth-order valence-corrected chi connectivity index (χ4v) is 1.79. The number of hydrogen-bond acceptors (Lipinski definition) is 3. The summed E-state index contributed by atoms with van der Waals surface area (Å²) in [7, 11) is 2.23. The predicted molar refractivity (Wildman–Crippen MR) is 69.5 cm³/mol. The second kappa shape index (κ2) is 7.16. The van der Waals surface area contributed by atoms with Gasteiger partial charge in [0, 0.05) is 17.7 Å². The van der Waals surface area contributed by atoms with Gasteiger partial charge in [0.2, 0.25) is 0 Å². The highest BCUT2D eigenvalue weighted by Crippen LogP contribution is 2.30. The standard InChI is InChI=1S/C9H19N.C4H4O4/c1-8-6-5-7-10(4)9(8,2)3;5-3(6)1-2-4(7)8/h8H,5-7H2,1-4H3;1-2H,(H,5,6)(H,7,8)/b;2-1-. The first-order chi connectivity index (χ1) is 8.17. The van der Waals surface area contributed by atoms with Crippen molar-refractivity contribution in [1.29, 1.82) is 0 Å². The van der Waals surface area contributed by atoms with E-state index in [0.29, 0.717) is 17.7 Å². The zero-order valence-corrected chi connectivity index (χ0v) is 11.5. The Morgan fingerprint density at radius 1 is 1.22 bits per heavy atom. The molecule has 5 nitrogen and oxygen atoms in total. The lowest BCUT2D eigenvalue weighted by Crippen LogP contribution is -2.49. The predicted octanol–water partition coefficient (Wildman–Crippen LogP) is 1.84. The van der Waals surface area contributed by atoms with Gasteiger partial charge in [-0.1, -0.05) is 6.92 Å². The lowest BCUT2D eigenvalue weighted by atomic mass is 9.81. The normalized spacial score (nSPS) is 23.2. The molecule has 0 aliphatic carbocycles. The summed E-state index contributed by atoms with van der Waals surface area (Å²) in [4.78, 5) is 21.6. The minimum atomic E-state index is -1.26. The molecule has 0 radical (unpaired) electrons. The Kier molecular flexibility index (Phi) is 6.62. The highest BCUT2D eigenvalue weighted by atomic mass is 16.4. The second-order valence-electron chi connectivity index (χ2n) is 5.13. The van der Waals surface area contributed by atoms with Crippen LogP contribution in [0.3, 0.4) is 0 Å². The van der Waals surface area contributed by atoms with Crippen LogP contribution in [-0.2, 0) is 9.59 Å². The number of carboxylic acid groups (broad SMARTS) is 2.